The molecule has 0 bridgehead atoms. The second kappa shape index (κ2) is 6.78. The first kappa shape index (κ1) is 15.5. The summed E-state index contributed by atoms with van der Waals surface area (Å²) in [6.45, 7) is 3.24. The van der Waals surface area contributed by atoms with Crippen LogP contribution in [0.15, 0.2) is 53.4 Å². The zero-order valence-corrected chi connectivity index (χ0v) is 14.2. The molecule has 1 amide bonds. The number of anilines is 1. The first-order valence-electron chi connectivity index (χ1n) is 7.26. The van der Waals surface area contributed by atoms with Crippen molar-refractivity contribution in [2.45, 2.75) is 20.0 Å². The molecule has 1 aromatic carbocycles. The Morgan fingerprint density at radius 2 is 2.00 bits per heavy atom. The predicted molar refractivity (Wildman–Crippen MR) is 91.3 cm³/mol. The van der Waals surface area contributed by atoms with Gasteiger partial charge in [-0.15, -0.1) is 0 Å². The summed E-state index contributed by atoms with van der Waals surface area (Å²) in [5.74, 6) is -0.187. The van der Waals surface area contributed by atoms with Crippen LogP contribution in [0.2, 0.25) is 0 Å². The molecule has 0 radical (unpaired) electrons. The molecule has 6 nitrogen and oxygen atoms in total. The molecule has 0 saturated carbocycles. The Morgan fingerprint density at radius 3 is 2.74 bits per heavy atom. The van der Waals surface area contributed by atoms with E-state index in [-0.39, 0.29) is 5.91 Å². The van der Waals surface area contributed by atoms with E-state index >= 15 is 0 Å². The number of carbonyl (C=O) groups excluding carboxylic acids is 1. The number of halogens is 1. The van der Waals surface area contributed by atoms with Crippen molar-refractivity contribution in [1.29, 1.82) is 0 Å². The first-order valence-corrected chi connectivity index (χ1v) is 8.05. The van der Waals surface area contributed by atoms with Crippen molar-refractivity contribution in [2.75, 3.05) is 5.32 Å². The Hall–Kier alpha value is -2.41. The largest absolute Gasteiger partial charge is 0.318 e. The van der Waals surface area contributed by atoms with E-state index in [0.29, 0.717) is 24.5 Å². The van der Waals surface area contributed by atoms with Gasteiger partial charge in [-0.2, -0.15) is 10.2 Å². The molecule has 7 heteroatoms. The zero-order chi connectivity index (χ0) is 16.2. The summed E-state index contributed by atoms with van der Waals surface area (Å²) in [6.07, 6.45) is 5.07. The third kappa shape index (κ3) is 3.68. The average Bonchev–Trinajstić information content (AvgIpc) is 3.18. The fourth-order valence-electron chi connectivity index (χ4n) is 2.26. The topological polar surface area (TPSA) is 64.7 Å². The van der Waals surface area contributed by atoms with E-state index in [4.69, 9.17) is 0 Å². The summed E-state index contributed by atoms with van der Waals surface area (Å²) in [4.78, 5) is 12.2. The molecule has 0 saturated heterocycles. The van der Waals surface area contributed by atoms with Crippen LogP contribution in [-0.2, 0) is 13.1 Å². The van der Waals surface area contributed by atoms with Crippen molar-refractivity contribution in [3.8, 4) is 0 Å². The molecule has 0 aliphatic carbocycles. The lowest BCUT2D eigenvalue weighted by atomic mass is 10.2. The van der Waals surface area contributed by atoms with Crippen LogP contribution >= 0.6 is 15.9 Å². The van der Waals surface area contributed by atoms with Gasteiger partial charge in [-0.25, -0.2) is 0 Å². The maximum Gasteiger partial charge on any atom is 0.274 e. The highest BCUT2D eigenvalue weighted by molar-refractivity contribution is 9.10. The number of aryl methyl sites for hydroxylation is 1. The van der Waals surface area contributed by atoms with E-state index in [9.17, 15) is 4.79 Å². The van der Waals surface area contributed by atoms with Crippen molar-refractivity contribution in [3.05, 3.63) is 64.7 Å². The number of hydrogen-bond acceptors (Lipinski definition) is 3. The van der Waals surface area contributed by atoms with Crippen LogP contribution in [-0.4, -0.2) is 25.5 Å². The molecule has 0 aliphatic rings. The Bertz CT molecular complexity index is 806. The number of aromatic nitrogens is 4. The number of hydrogen-bond donors (Lipinski definition) is 1. The van der Waals surface area contributed by atoms with Crippen LogP contribution < -0.4 is 5.32 Å². The minimum absolute atomic E-state index is 0.187. The molecule has 0 atom stereocenters. The normalized spacial score (nSPS) is 10.7. The van der Waals surface area contributed by atoms with Crippen LogP contribution in [0.5, 0.6) is 0 Å². The highest BCUT2D eigenvalue weighted by Crippen LogP contribution is 2.13. The molecular formula is C16H16BrN5O. The van der Waals surface area contributed by atoms with E-state index in [1.807, 2.05) is 37.4 Å². The quantitative estimate of drug-likeness (QED) is 0.746. The molecule has 1 N–H and O–H groups in total. The number of rotatable bonds is 5. The van der Waals surface area contributed by atoms with Gasteiger partial charge in [0, 0.05) is 23.4 Å². The second-order valence-electron chi connectivity index (χ2n) is 5.04. The minimum atomic E-state index is -0.187. The average molecular weight is 374 g/mol. The number of carbonyl (C=O) groups is 1. The van der Waals surface area contributed by atoms with Gasteiger partial charge in [0.25, 0.3) is 5.91 Å². The Balaban J connectivity index is 1.67. The smallest absolute Gasteiger partial charge is 0.274 e. The summed E-state index contributed by atoms with van der Waals surface area (Å²) in [7, 11) is 0. The maximum absolute atomic E-state index is 12.2. The fourth-order valence-corrected chi connectivity index (χ4v) is 2.53. The molecular weight excluding hydrogens is 358 g/mol. The third-order valence-corrected chi connectivity index (χ3v) is 3.93. The molecule has 0 fully saturated rings. The van der Waals surface area contributed by atoms with Gasteiger partial charge in [-0.1, -0.05) is 28.1 Å². The van der Waals surface area contributed by atoms with Gasteiger partial charge in [-0.3, -0.25) is 14.2 Å². The standard InChI is InChI=1S/C16H16BrN5O/c1-2-22-15(7-8-18-22)16(23)20-14-9-19-21(11-14)10-12-3-5-13(17)6-4-12/h3-9,11H,2,10H2,1H3,(H,20,23). The number of amides is 1. The highest BCUT2D eigenvalue weighted by atomic mass is 79.9. The lowest BCUT2D eigenvalue weighted by Gasteiger charge is -2.04. The maximum atomic E-state index is 12.2. The van der Waals surface area contributed by atoms with Gasteiger partial charge in [-0.05, 0) is 30.7 Å². The fraction of sp³-hybridized carbons (Fsp3) is 0.188. The Labute approximate surface area is 142 Å². The monoisotopic (exact) mass is 373 g/mol. The predicted octanol–water partition coefficient (Wildman–Crippen LogP) is 3.16. The Kier molecular flexibility index (Phi) is 4.57. The SMILES string of the molecule is CCn1nccc1C(=O)Nc1cnn(Cc2ccc(Br)cc2)c1. The van der Waals surface area contributed by atoms with Crippen molar-refractivity contribution in [3.63, 3.8) is 0 Å². The zero-order valence-electron chi connectivity index (χ0n) is 12.6. The van der Waals surface area contributed by atoms with E-state index in [1.54, 1.807) is 27.8 Å². The molecule has 2 aromatic heterocycles. The Morgan fingerprint density at radius 1 is 1.22 bits per heavy atom. The van der Waals surface area contributed by atoms with Crippen LogP contribution in [0.25, 0.3) is 0 Å². The van der Waals surface area contributed by atoms with Gasteiger partial charge in [0.05, 0.1) is 18.4 Å². The molecule has 0 unspecified atom stereocenters. The molecule has 3 rings (SSSR count). The molecule has 2 heterocycles. The molecule has 3 aromatic rings. The van der Waals surface area contributed by atoms with E-state index in [1.165, 1.54) is 0 Å². The van der Waals surface area contributed by atoms with Crippen LogP contribution in [0.4, 0.5) is 5.69 Å². The van der Waals surface area contributed by atoms with E-state index < -0.39 is 0 Å². The van der Waals surface area contributed by atoms with Gasteiger partial charge in [0.2, 0.25) is 0 Å². The lowest BCUT2D eigenvalue weighted by molar-refractivity contribution is 0.101. The van der Waals surface area contributed by atoms with Gasteiger partial charge in [0.15, 0.2) is 0 Å². The number of nitrogens with zero attached hydrogens (tertiary/aromatic N) is 4. The van der Waals surface area contributed by atoms with Gasteiger partial charge in [0.1, 0.15) is 5.69 Å². The molecule has 23 heavy (non-hydrogen) atoms. The highest BCUT2D eigenvalue weighted by Gasteiger charge is 2.12. The summed E-state index contributed by atoms with van der Waals surface area (Å²) in [5, 5.41) is 11.2. The summed E-state index contributed by atoms with van der Waals surface area (Å²) < 4.78 is 4.49. The van der Waals surface area contributed by atoms with Gasteiger partial charge < -0.3 is 5.32 Å². The van der Waals surface area contributed by atoms with E-state index in [0.717, 1.165) is 10.0 Å². The second-order valence-corrected chi connectivity index (χ2v) is 5.96. The lowest BCUT2D eigenvalue weighted by Crippen LogP contribution is -2.17. The first-order chi connectivity index (χ1) is 11.2. The van der Waals surface area contributed by atoms with Crippen LogP contribution in [0, 0.1) is 0 Å². The molecule has 118 valence electrons. The third-order valence-electron chi connectivity index (χ3n) is 3.40. The van der Waals surface area contributed by atoms with Crippen molar-refractivity contribution in [2.24, 2.45) is 0 Å². The van der Waals surface area contributed by atoms with Crippen LogP contribution in [0.1, 0.15) is 23.0 Å². The van der Waals surface area contributed by atoms with Gasteiger partial charge >= 0.3 is 0 Å². The molecule has 0 aliphatic heterocycles. The van der Waals surface area contributed by atoms with E-state index in [2.05, 4.69) is 31.4 Å². The number of nitrogens with one attached hydrogen (secondary N) is 1. The number of benzene rings is 1. The summed E-state index contributed by atoms with van der Waals surface area (Å²) in [5.41, 5.74) is 2.34. The van der Waals surface area contributed by atoms with Crippen molar-refractivity contribution >= 4 is 27.5 Å². The molecule has 0 spiro atoms. The van der Waals surface area contributed by atoms with Crippen molar-refractivity contribution < 1.29 is 4.79 Å². The van der Waals surface area contributed by atoms with Crippen LogP contribution in [0.3, 0.4) is 0 Å². The summed E-state index contributed by atoms with van der Waals surface area (Å²) in [6, 6.07) is 9.75. The summed E-state index contributed by atoms with van der Waals surface area (Å²) >= 11 is 3.42. The van der Waals surface area contributed by atoms with Crippen molar-refractivity contribution in [1.82, 2.24) is 19.6 Å². The minimum Gasteiger partial charge on any atom is -0.318 e.